The molecule has 140 valence electrons. The number of fused-ring (bicyclic) bond motifs is 1. The van der Waals surface area contributed by atoms with Crippen molar-refractivity contribution in [1.29, 1.82) is 0 Å². The standard InChI is InChI=1S/C23H27N3O/c1-17(25(2)3)19-11-9-18(10-12-19)15-26-14-13-22-21(16-26)23(24-27-22)20-7-5-4-6-8-20/h4-12,17H,13-16H2,1-3H3/t17-/m0/s1. The van der Waals surface area contributed by atoms with Crippen LogP contribution in [-0.2, 0) is 19.5 Å². The lowest BCUT2D eigenvalue weighted by Crippen LogP contribution is -2.29. The van der Waals surface area contributed by atoms with Crippen LogP contribution in [0.25, 0.3) is 11.3 Å². The van der Waals surface area contributed by atoms with Crippen molar-refractivity contribution in [3.63, 3.8) is 0 Å². The number of aromatic nitrogens is 1. The van der Waals surface area contributed by atoms with Crippen molar-refractivity contribution >= 4 is 0 Å². The van der Waals surface area contributed by atoms with Crippen molar-refractivity contribution in [2.45, 2.75) is 32.5 Å². The Kier molecular flexibility index (Phi) is 5.10. The van der Waals surface area contributed by atoms with Crippen molar-refractivity contribution in [2.75, 3.05) is 20.6 Å². The first-order valence-corrected chi connectivity index (χ1v) is 9.62. The second-order valence-electron chi connectivity index (χ2n) is 7.64. The lowest BCUT2D eigenvalue weighted by Gasteiger charge is -2.26. The third kappa shape index (κ3) is 3.82. The van der Waals surface area contributed by atoms with Gasteiger partial charge in [-0.3, -0.25) is 4.90 Å². The number of rotatable bonds is 5. The van der Waals surface area contributed by atoms with Crippen molar-refractivity contribution < 1.29 is 4.52 Å². The molecule has 0 unspecified atom stereocenters. The summed E-state index contributed by atoms with van der Waals surface area (Å²) in [5.41, 5.74) is 6.07. The van der Waals surface area contributed by atoms with E-state index in [9.17, 15) is 0 Å². The molecule has 0 fully saturated rings. The quantitative estimate of drug-likeness (QED) is 0.669. The van der Waals surface area contributed by atoms with E-state index in [-0.39, 0.29) is 0 Å². The van der Waals surface area contributed by atoms with Crippen LogP contribution in [0, 0.1) is 0 Å². The molecule has 27 heavy (non-hydrogen) atoms. The summed E-state index contributed by atoms with van der Waals surface area (Å²) in [5, 5.41) is 4.35. The molecule has 2 heterocycles. The van der Waals surface area contributed by atoms with Crippen molar-refractivity contribution in [1.82, 2.24) is 15.0 Å². The summed E-state index contributed by atoms with van der Waals surface area (Å²) in [6, 6.07) is 19.8. The fourth-order valence-corrected chi connectivity index (χ4v) is 3.68. The molecule has 4 nitrogen and oxygen atoms in total. The zero-order valence-corrected chi connectivity index (χ0v) is 16.4. The van der Waals surface area contributed by atoms with E-state index in [1.807, 2.05) is 18.2 Å². The summed E-state index contributed by atoms with van der Waals surface area (Å²) < 4.78 is 5.62. The topological polar surface area (TPSA) is 32.5 Å². The molecule has 0 spiro atoms. The van der Waals surface area contributed by atoms with Crippen molar-refractivity contribution in [3.8, 4) is 11.3 Å². The minimum Gasteiger partial charge on any atom is -0.360 e. The van der Waals surface area contributed by atoms with Gasteiger partial charge in [0.25, 0.3) is 0 Å². The molecule has 0 bridgehead atoms. The van der Waals surface area contributed by atoms with Gasteiger partial charge >= 0.3 is 0 Å². The number of benzene rings is 2. The van der Waals surface area contributed by atoms with Gasteiger partial charge in [-0.15, -0.1) is 0 Å². The average molecular weight is 361 g/mol. The van der Waals surface area contributed by atoms with Crippen molar-refractivity contribution in [3.05, 3.63) is 77.0 Å². The van der Waals surface area contributed by atoms with Crippen LogP contribution in [0.1, 0.15) is 35.4 Å². The highest BCUT2D eigenvalue weighted by Gasteiger charge is 2.24. The first kappa shape index (κ1) is 18.0. The zero-order valence-electron chi connectivity index (χ0n) is 16.4. The third-order valence-electron chi connectivity index (χ3n) is 5.60. The van der Waals surface area contributed by atoms with E-state index >= 15 is 0 Å². The fourth-order valence-electron chi connectivity index (χ4n) is 3.68. The van der Waals surface area contributed by atoms with Crippen LogP contribution in [-0.4, -0.2) is 35.6 Å². The molecular formula is C23H27N3O. The monoisotopic (exact) mass is 361 g/mol. The summed E-state index contributed by atoms with van der Waals surface area (Å²) in [6.07, 6.45) is 0.922. The maximum absolute atomic E-state index is 5.62. The molecule has 1 aliphatic heterocycles. The second-order valence-corrected chi connectivity index (χ2v) is 7.64. The summed E-state index contributed by atoms with van der Waals surface area (Å²) in [7, 11) is 4.24. The van der Waals surface area contributed by atoms with Crippen LogP contribution >= 0.6 is 0 Å². The van der Waals surface area contributed by atoms with E-state index in [2.05, 4.69) is 72.4 Å². The summed E-state index contributed by atoms with van der Waals surface area (Å²) >= 11 is 0. The van der Waals surface area contributed by atoms with Gasteiger partial charge in [-0.2, -0.15) is 0 Å². The molecule has 1 atom stereocenters. The lowest BCUT2D eigenvalue weighted by atomic mass is 10.0. The molecule has 0 saturated heterocycles. The predicted molar refractivity (Wildman–Crippen MR) is 108 cm³/mol. The molecule has 1 aliphatic rings. The molecule has 0 aliphatic carbocycles. The van der Waals surface area contributed by atoms with E-state index in [1.165, 1.54) is 16.7 Å². The molecule has 4 rings (SSSR count). The first-order chi connectivity index (χ1) is 13.1. The smallest absolute Gasteiger partial charge is 0.143 e. The highest BCUT2D eigenvalue weighted by molar-refractivity contribution is 5.63. The van der Waals surface area contributed by atoms with Gasteiger partial charge in [0.2, 0.25) is 0 Å². The Morgan fingerprint density at radius 3 is 2.52 bits per heavy atom. The normalized spacial score (nSPS) is 15.7. The van der Waals surface area contributed by atoms with Crippen LogP contribution in [0.2, 0.25) is 0 Å². The van der Waals surface area contributed by atoms with Gasteiger partial charge in [0.1, 0.15) is 11.5 Å². The summed E-state index contributed by atoms with van der Waals surface area (Å²) in [6.45, 7) is 5.08. The molecule has 2 aromatic carbocycles. The molecule has 0 radical (unpaired) electrons. The molecule has 0 saturated carbocycles. The predicted octanol–water partition coefficient (Wildman–Crippen LogP) is 4.52. The Morgan fingerprint density at radius 1 is 1.07 bits per heavy atom. The van der Waals surface area contributed by atoms with Gasteiger partial charge in [-0.05, 0) is 32.1 Å². The van der Waals surface area contributed by atoms with E-state index < -0.39 is 0 Å². The second kappa shape index (κ2) is 7.67. The van der Waals surface area contributed by atoms with Gasteiger partial charge in [0, 0.05) is 43.2 Å². The zero-order chi connectivity index (χ0) is 18.8. The molecule has 4 heteroatoms. The fraction of sp³-hybridized carbons (Fsp3) is 0.348. The summed E-state index contributed by atoms with van der Waals surface area (Å²) in [4.78, 5) is 4.72. The molecule has 0 amide bonds. The van der Waals surface area contributed by atoms with Gasteiger partial charge < -0.3 is 9.42 Å². The average Bonchev–Trinajstić information content (AvgIpc) is 3.12. The van der Waals surface area contributed by atoms with E-state index in [0.29, 0.717) is 6.04 Å². The molecule has 3 aromatic rings. The Balaban J connectivity index is 1.48. The van der Waals surface area contributed by atoms with Crippen LogP contribution in [0.4, 0.5) is 0 Å². The van der Waals surface area contributed by atoms with Gasteiger partial charge in [0.05, 0.1) is 0 Å². The highest BCUT2D eigenvalue weighted by Crippen LogP contribution is 2.30. The SMILES string of the molecule is C[C@@H](c1ccc(CN2CCc3onc(-c4ccccc4)c3C2)cc1)N(C)C. The Morgan fingerprint density at radius 2 is 1.81 bits per heavy atom. The third-order valence-corrected chi connectivity index (χ3v) is 5.60. The number of hydrogen-bond acceptors (Lipinski definition) is 4. The largest absolute Gasteiger partial charge is 0.360 e. The van der Waals surface area contributed by atoms with E-state index in [0.717, 1.165) is 43.1 Å². The number of hydrogen-bond donors (Lipinski definition) is 0. The van der Waals surface area contributed by atoms with Crippen LogP contribution in [0.5, 0.6) is 0 Å². The first-order valence-electron chi connectivity index (χ1n) is 9.62. The van der Waals surface area contributed by atoms with Crippen LogP contribution in [0.15, 0.2) is 59.1 Å². The molecular weight excluding hydrogens is 334 g/mol. The minimum atomic E-state index is 0.432. The van der Waals surface area contributed by atoms with Gasteiger partial charge in [-0.1, -0.05) is 59.8 Å². The Bertz CT molecular complexity index is 884. The maximum atomic E-state index is 5.62. The number of nitrogens with zero attached hydrogens (tertiary/aromatic N) is 3. The lowest BCUT2D eigenvalue weighted by molar-refractivity contribution is 0.228. The van der Waals surface area contributed by atoms with Crippen molar-refractivity contribution in [2.24, 2.45) is 0 Å². The molecule has 0 N–H and O–H groups in total. The highest BCUT2D eigenvalue weighted by atomic mass is 16.5. The van der Waals surface area contributed by atoms with Gasteiger partial charge in [-0.25, -0.2) is 0 Å². The molecule has 1 aromatic heterocycles. The maximum Gasteiger partial charge on any atom is 0.143 e. The Hall–Kier alpha value is -2.43. The van der Waals surface area contributed by atoms with Crippen LogP contribution < -0.4 is 0 Å². The Labute approximate surface area is 161 Å². The van der Waals surface area contributed by atoms with Gasteiger partial charge in [0.15, 0.2) is 0 Å². The summed E-state index contributed by atoms with van der Waals surface area (Å²) in [5.74, 6) is 1.04. The van der Waals surface area contributed by atoms with Crippen LogP contribution in [0.3, 0.4) is 0 Å². The van der Waals surface area contributed by atoms with E-state index in [4.69, 9.17) is 4.52 Å². The minimum absolute atomic E-state index is 0.432. The van der Waals surface area contributed by atoms with E-state index in [1.54, 1.807) is 0 Å².